The molecular formula is C16H33N3. The van der Waals surface area contributed by atoms with Gasteiger partial charge in [0.2, 0.25) is 0 Å². The van der Waals surface area contributed by atoms with Gasteiger partial charge in [0.15, 0.2) is 0 Å². The van der Waals surface area contributed by atoms with Gasteiger partial charge in [0.05, 0.1) is 0 Å². The van der Waals surface area contributed by atoms with E-state index in [1.807, 2.05) is 0 Å². The third-order valence-electron chi connectivity index (χ3n) is 5.07. The van der Waals surface area contributed by atoms with Crippen molar-refractivity contribution >= 4 is 0 Å². The topological polar surface area (TPSA) is 32.5 Å². The van der Waals surface area contributed by atoms with Crippen LogP contribution < -0.4 is 5.73 Å². The van der Waals surface area contributed by atoms with Gasteiger partial charge in [0.25, 0.3) is 0 Å². The van der Waals surface area contributed by atoms with Crippen LogP contribution in [-0.2, 0) is 0 Å². The van der Waals surface area contributed by atoms with Gasteiger partial charge in [-0.3, -0.25) is 4.90 Å². The molecule has 0 aromatic carbocycles. The normalized spacial score (nSPS) is 26.4. The lowest BCUT2D eigenvalue weighted by molar-refractivity contribution is 0.0472. The van der Waals surface area contributed by atoms with Gasteiger partial charge in [-0.05, 0) is 57.2 Å². The molecule has 2 rings (SSSR count). The van der Waals surface area contributed by atoms with Crippen molar-refractivity contribution in [3.8, 4) is 0 Å². The molecule has 19 heavy (non-hydrogen) atoms. The largest absolute Gasteiger partial charge is 0.330 e. The van der Waals surface area contributed by atoms with Gasteiger partial charge >= 0.3 is 0 Å². The quantitative estimate of drug-likeness (QED) is 0.801. The van der Waals surface area contributed by atoms with Gasteiger partial charge in [0.1, 0.15) is 0 Å². The van der Waals surface area contributed by atoms with E-state index >= 15 is 0 Å². The lowest BCUT2D eigenvalue weighted by Crippen LogP contribution is -2.54. The molecule has 0 aromatic rings. The number of fused-ring (bicyclic) bond motifs is 1. The summed E-state index contributed by atoms with van der Waals surface area (Å²) in [5.41, 5.74) is 6.12. The Balaban J connectivity index is 1.66. The van der Waals surface area contributed by atoms with Crippen molar-refractivity contribution in [3.05, 3.63) is 0 Å². The van der Waals surface area contributed by atoms with Crippen LogP contribution in [0.25, 0.3) is 0 Å². The van der Waals surface area contributed by atoms with E-state index in [9.17, 15) is 0 Å². The van der Waals surface area contributed by atoms with E-state index in [-0.39, 0.29) is 0 Å². The lowest BCUT2D eigenvalue weighted by atomic mass is 9.84. The predicted octanol–water partition coefficient (Wildman–Crippen LogP) is 2.31. The summed E-state index contributed by atoms with van der Waals surface area (Å²) in [6.07, 6.45) is 8.09. The number of hydrogen-bond donors (Lipinski definition) is 1. The second-order valence-electron chi connectivity index (χ2n) is 7.29. The van der Waals surface area contributed by atoms with Gasteiger partial charge < -0.3 is 10.6 Å². The van der Waals surface area contributed by atoms with Crippen LogP contribution in [-0.4, -0.2) is 55.1 Å². The number of hydrogen-bond acceptors (Lipinski definition) is 3. The number of nitrogens with two attached hydrogens (primary N) is 1. The van der Waals surface area contributed by atoms with Crippen LogP contribution in [0.4, 0.5) is 0 Å². The monoisotopic (exact) mass is 267 g/mol. The highest BCUT2D eigenvalue weighted by atomic mass is 15.3. The van der Waals surface area contributed by atoms with Crippen LogP contribution in [0.5, 0.6) is 0 Å². The minimum absolute atomic E-state index is 0.432. The lowest BCUT2D eigenvalue weighted by Gasteiger charge is -2.44. The molecule has 2 fully saturated rings. The number of piperidine rings is 1. The van der Waals surface area contributed by atoms with E-state index in [1.54, 1.807) is 0 Å². The summed E-state index contributed by atoms with van der Waals surface area (Å²) < 4.78 is 0. The van der Waals surface area contributed by atoms with E-state index in [0.29, 0.717) is 5.41 Å². The Hall–Kier alpha value is -0.120. The van der Waals surface area contributed by atoms with Gasteiger partial charge in [0, 0.05) is 25.7 Å². The summed E-state index contributed by atoms with van der Waals surface area (Å²) in [6.45, 7) is 12.1. The second kappa shape index (κ2) is 7.05. The summed E-state index contributed by atoms with van der Waals surface area (Å²) in [7, 11) is 0. The maximum atomic E-state index is 5.69. The Morgan fingerprint density at radius 3 is 2.74 bits per heavy atom. The zero-order valence-corrected chi connectivity index (χ0v) is 13.0. The Morgan fingerprint density at radius 2 is 1.95 bits per heavy atom. The van der Waals surface area contributed by atoms with E-state index in [1.165, 1.54) is 64.8 Å². The zero-order chi connectivity index (χ0) is 13.7. The number of piperazine rings is 1. The highest BCUT2D eigenvalue weighted by molar-refractivity contribution is 4.85. The highest BCUT2D eigenvalue weighted by Gasteiger charge is 2.28. The van der Waals surface area contributed by atoms with Crippen molar-refractivity contribution in [2.75, 3.05) is 39.3 Å². The van der Waals surface area contributed by atoms with Crippen molar-refractivity contribution in [1.82, 2.24) is 9.80 Å². The molecule has 0 spiro atoms. The Kier molecular flexibility index (Phi) is 5.67. The molecule has 0 radical (unpaired) electrons. The van der Waals surface area contributed by atoms with Crippen molar-refractivity contribution < 1.29 is 0 Å². The Labute approximate surface area is 119 Å². The minimum atomic E-state index is 0.432. The van der Waals surface area contributed by atoms with Gasteiger partial charge in [-0.15, -0.1) is 0 Å². The van der Waals surface area contributed by atoms with E-state index in [0.717, 1.165) is 19.0 Å². The van der Waals surface area contributed by atoms with E-state index in [2.05, 4.69) is 23.6 Å². The molecule has 3 heteroatoms. The fraction of sp³-hybridized carbons (Fsp3) is 1.00. The molecule has 0 amide bonds. The molecule has 1 unspecified atom stereocenters. The smallest absolute Gasteiger partial charge is 0.0223 e. The molecule has 2 N–H and O–H groups in total. The van der Waals surface area contributed by atoms with Crippen LogP contribution in [0.15, 0.2) is 0 Å². The Morgan fingerprint density at radius 1 is 1.11 bits per heavy atom. The standard InChI is InChI=1S/C16H33N3/c1-16(2,8-9-17)7-5-10-18-12-13-19-11-4-3-6-15(19)14-18/h15H,3-14,17H2,1-2H3. The van der Waals surface area contributed by atoms with Gasteiger partial charge in [-0.2, -0.15) is 0 Å². The molecule has 2 aliphatic rings. The minimum Gasteiger partial charge on any atom is -0.330 e. The van der Waals surface area contributed by atoms with Crippen LogP contribution in [0.3, 0.4) is 0 Å². The van der Waals surface area contributed by atoms with Crippen molar-refractivity contribution in [2.24, 2.45) is 11.1 Å². The summed E-state index contributed by atoms with van der Waals surface area (Å²) >= 11 is 0. The van der Waals surface area contributed by atoms with Crippen LogP contribution in [0.2, 0.25) is 0 Å². The van der Waals surface area contributed by atoms with Crippen LogP contribution in [0.1, 0.15) is 52.4 Å². The van der Waals surface area contributed by atoms with Crippen molar-refractivity contribution in [2.45, 2.75) is 58.4 Å². The molecule has 0 saturated carbocycles. The summed E-state index contributed by atoms with van der Waals surface area (Å²) in [5, 5.41) is 0. The zero-order valence-electron chi connectivity index (χ0n) is 13.0. The highest BCUT2D eigenvalue weighted by Crippen LogP contribution is 2.27. The van der Waals surface area contributed by atoms with Crippen molar-refractivity contribution in [1.29, 1.82) is 0 Å². The third kappa shape index (κ3) is 4.73. The van der Waals surface area contributed by atoms with Crippen molar-refractivity contribution in [3.63, 3.8) is 0 Å². The van der Waals surface area contributed by atoms with Gasteiger partial charge in [-0.1, -0.05) is 20.3 Å². The Bertz CT molecular complexity index is 265. The molecule has 2 aliphatic heterocycles. The molecule has 0 bridgehead atoms. The maximum absolute atomic E-state index is 5.69. The second-order valence-corrected chi connectivity index (χ2v) is 7.29. The molecule has 0 aliphatic carbocycles. The summed E-state index contributed by atoms with van der Waals surface area (Å²) in [4.78, 5) is 5.42. The fourth-order valence-electron chi connectivity index (χ4n) is 3.72. The molecule has 2 saturated heterocycles. The number of nitrogens with zero attached hydrogens (tertiary/aromatic N) is 2. The first-order valence-electron chi connectivity index (χ1n) is 8.27. The first-order chi connectivity index (χ1) is 9.11. The van der Waals surface area contributed by atoms with E-state index in [4.69, 9.17) is 5.73 Å². The maximum Gasteiger partial charge on any atom is 0.0223 e. The summed E-state index contributed by atoms with van der Waals surface area (Å²) in [6, 6.07) is 0.861. The van der Waals surface area contributed by atoms with E-state index < -0.39 is 0 Å². The molecule has 1 atom stereocenters. The van der Waals surface area contributed by atoms with Crippen LogP contribution in [0, 0.1) is 5.41 Å². The van der Waals surface area contributed by atoms with Crippen LogP contribution >= 0.6 is 0 Å². The SMILES string of the molecule is CC(C)(CCN)CCCN1CCN2CCCCC2C1. The number of rotatable bonds is 6. The summed E-state index contributed by atoms with van der Waals surface area (Å²) in [5.74, 6) is 0. The molecule has 0 aromatic heterocycles. The predicted molar refractivity (Wildman–Crippen MR) is 82.3 cm³/mol. The molecule has 2 heterocycles. The first-order valence-corrected chi connectivity index (χ1v) is 8.27. The average Bonchev–Trinajstić information content (AvgIpc) is 2.38. The molecule has 112 valence electrons. The average molecular weight is 267 g/mol. The third-order valence-corrected chi connectivity index (χ3v) is 5.07. The van der Waals surface area contributed by atoms with Gasteiger partial charge in [-0.25, -0.2) is 0 Å². The molecular weight excluding hydrogens is 234 g/mol. The fourth-order valence-corrected chi connectivity index (χ4v) is 3.72. The first kappa shape index (κ1) is 15.3. The molecule has 3 nitrogen and oxygen atoms in total.